The summed E-state index contributed by atoms with van der Waals surface area (Å²) in [6.45, 7) is 0. The fourth-order valence-electron chi connectivity index (χ4n) is 6.52. The van der Waals surface area contributed by atoms with Gasteiger partial charge in [0.25, 0.3) is 0 Å². The molecule has 9 rings (SSSR count). The van der Waals surface area contributed by atoms with Gasteiger partial charge in [0, 0.05) is 38.5 Å². The standard InChI is InChI=1S/C42H27NO2/c1-3-11-28(12-4-1)30-19-22-33(29-13-5-2-6-14-29)38(25-30)43(31-20-23-41-36(26-31)34-15-7-9-17-39(34)44-41)32-21-24-42-37(27-32)35-16-8-10-18-40(35)45-42/h1-27H. The normalized spacial score (nSPS) is 11.6. The number of fused-ring (bicyclic) bond motifs is 6. The van der Waals surface area contributed by atoms with Crippen molar-refractivity contribution in [3.8, 4) is 22.3 Å². The van der Waals surface area contributed by atoms with Crippen molar-refractivity contribution < 1.29 is 8.83 Å². The number of hydrogen-bond donors (Lipinski definition) is 0. The molecule has 0 bridgehead atoms. The van der Waals surface area contributed by atoms with Crippen LogP contribution < -0.4 is 4.90 Å². The number of furan rings is 2. The molecule has 3 heteroatoms. The zero-order chi connectivity index (χ0) is 29.7. The van der Waals surface area contributed by atoms with Crippen LogP contribution in [-0.2, 0) is 0 Å². The van der Waals surface area contributed by atoms with Gasteiger partial charge in [0.1, 0.15) is 22.3 Å². The van der Waals surface area contributed by atoms with Gasteiger partial charge in [-0.05, 0) is 71.3 Å². The molecular weight excluding hydrogens is 550 g/mol. The highest BCUT2D eigenvalue weighted by molar-refractivity contribution is 6.09. The zero-order valence-corrected chi connectivity index (χ0v) is 24.4. The molecule has 0 aliphatic carbocycles. The number of hydrogen-bond acceptors (Lipinski definition) is 3. The molecule has 0 radical (unpaired) electrons. The first-order valence-corrected chi connectivity index (χ1v) is 15.2. The third-order valence-corrected chi connectivity index (χ3v) is 8.67. The lowest BCUT2D eigenvalue weighted by atomic mass is 9.96. The molecule has 0 N–H and O–H groups in total. The van der Waals surface area contributed by atoms with Gasteiger partial charge in [-0.25, -0.2) is 0 Å². The molecule has 0 spiro atoms. The van der Waals surface area contributed by atoms with E-state index < -0.39 is 0 Å². The minimum absolute atomic E-state index is 0.873. The summed E-state index contributed by atoms with van der Waals surface area (Å²) in [5, 5.41) is 4.38. The molecule has 0 aliphatic heterocycles. The third kappa shape index (κ3) is 4.29. The average molecular weight is 578 g/mol. The maximum atomic E-state index is 6.23. The summed E-state index contributed by atoms with van der Waals surface area (Å²) < 4.78 is 12.5. The molecule has 0 aliphatic rings. The Balaban J connectivity index is 1.35. The van der Waals surface area contributed by atoms with Crippen LogP contribution in [0.3, 0.4) is 0 Å². The van der Waals surface area contributed by atoms with E-state index in [0.717, 1.165) is 77.6 Å². The monoisotopic (exact) mass is 577 g/mol. The Hall–Kier alpha value is -6.06. The molecule has 2 heterocycles. The van der Waals surface area contributed by atoms with Crippen molar-refractivity contribution in [3.05, 3.63) is 164 Å². The van der Waals surface area contributed by atoms with Crippen molar-refractivity contribution in [2.75, 3.05) is 4.90 Å². The second-order valence-corrected chi connectivity index (χ2v) is 11.4. The highest BCUT2D eigenvalue weighted by atomic mass is 16.3. The Morgan fingerprint density at radius 3 is 1.40 bits per heavy atom. The van der Waals surface area contributed by atoms with Gasteiger partial charge < -0.3 is 13.7 Å². The largest absolute Gasteiger partial charge is 0.456 e. The SMILES string of the molecule is c1ccc(-c2ccc(-c3ccccc3)c(N(c3ccc4oc5ccccc5c4c3)c3ccc4oc5ccccc5c4c3)c2)cc1. The summed E-state index contributed by atoms with van der Waals surface area (Å²) in [5.41, 5.74) is 11.3. The number of anilines is 3. The van der Waals surface area contributed by atoms with Crippen molar-refractivity contribution in [1.29, 1.82) is 0 Å². The van der Waals surface area contributed by atoms with Crippen LogP contribution in [0.5, 0.6) is 0 Å². The predicted molar refractivity (Wildman–Crippen MR) is 187 cm³/mol. The topological polar surface area (TPSA) is 29.5 Å². The van der Waals surface area contributed by atoms with Crippen LogP contribution in [0, 0.1) is 0 Å². The smallest absolute Gasteiger partial charge is 0.135 e. The summed E-state index contributed by atoms with van der Waals surface area (Å²) in [6, 6.07) is 57.5. The highest BCUT2D eigenvalue weighted by Gasteiger charge is 2.21. The molecule has 2 aromatic heterocycles. The highest BCUT2D eigenvalue weighted by Crippen LogP contribution is 2.45. The fraction of sp³-hybridized carbons (Fsp3) is 0. The summed E-state index contributed by atoms with van der Waals surface area (Å²) in [7, 11) is 0. The second kappa shape index (κ2) is 10.3. The van der Waals surface area contributed by atoms with Crippen LogP contribution in [0.1, 0.15) is 0 Å². The molecule has 0 fully saturated rings. The number of para-hydroxylation sites is 2. The van der Waals surface area contributed by atoms with Gasteiger partial charge in [-0.2, -0.15) is 0 Å². The van der Waals surface area contributed by atoms with Crippen molar-refractivity contribution in [2.45, 2.75) is 0 Å². The molecule has 212 valence electrons. The Bertz CT molecular complexity index is 2380. The molecule has 0 saturated heterocycles. The maximum absolute atomic E-state index is 6.23. The molecule has 0 unspecified atom stereocenters. The van der Waals surface area contributed by atoms with Crippen LogP contribution in [-0.4, -0.2) is 0 Å². The van der Waals surface area contributed by atoms with Crippen molar-refractivity contribution in [2.24, 2.45) is 0 Å². The van der Waals surface area contributed by atoms with E-state index in [4.69, 9.17) is 8.83 Å². The van der Waals surface area contributed by atoms with Gasteiger partial charge in [0.05, 0.1) is 5.69 Å². The first-order valence-electron chi connectivity index (χ1n) is 15.2. The van der Waals surface area contributed by atoms with E-state index in [2.05, 4.69) is 144 Å². The Kier molecular flexibility index (Phi) is 5.82. The molecule has 0 atom stereocenters. The number of nitrogens with zero attached hydrogens (tertiary/aromatic N) is 1. The quantitative estimate of drug-likeness (QED) is 0.204. The van der Waals surface area contributed by atoms with Crippen molar-refractivity contribution in [3.63, 3.8) is 0 Å². The zero-order valence-electron chi connectivity index (χ0n) is 24.4. The van der Waals surface area contributed by atoms with E-state index in [1.165, 1.54) is 5.56 Å². The van der Waals surface area contributed by atoms with E-state index >= 15 is 0 Å². The second-order valence-electron chi connectivity index (χ2n) is 11.4. The molecule has 45 heavy (non-hydrogen) atoms. The number of rotatable bonds is 5. The lowest BCUT2D eigenvalue weighted by Gasteiger charge is -2.29. The molecule has 0 amide bonds. The van der Waals surface area contributed by atoms with Crippen molar-refractivity contribution >= 4 is 60.9 Å². The molecule has 0 saturated carbocycles. The molecule has 3 nitrogen and oxygen atoms in total. The third-order valence-electron chi connectivity index (χ3n) is 8.67. The minimum Gasteiger partial charge on any atom is -0.456 e. The van der Waals surface area contributed by atoms with Gasteiger partial charge >= 0.3 is 0 Å². The lowest BCUT2D eigenvalue weighted by Crippen LogP contribution is -2.11. The van der Waals surface area contributed by atoms with Crippen LogP contribution in [0.15, 0.2) is 173 Å². The lowest BCUT2D eigenvalue weighted by molar-refractivity contribution is 0.668. The van der Waals surface area contributed by atoms with Crippen LogP contribution >= 0.6 is 0 Å². The molecule has 9 aromatic rings. The van der Waals surface area contributed by atoms with E-state index in [0.29, 0.717) is 0 Å². The summed E-state index contributed by atoms with van der Waals surface area (Å²) >= 11 is 0. The Labute approximate surface area is 260 Å². The summed E-state index contributed by atoms with van der Waals surface area (Å²) in [6.07, 6.45) is 0. The van der Waals surface area contributed by atoms with Gasteiger partial charge in [-0.1, -0.05) is 109 Å². The summed E-state index contributed by atoms with van der Waals surface area (Å²) in [5.74, 6) is 0. The first kappa shape index (κ1) is 25.4. The summed E-state index contributed by atoms with van der Waals surface area (Å²) in [4.78, 5) is 2.37. The average Bonchev–Trinajstić information content (AvgIpc) is 3.67. The van der Waals surface area contributed by atoms with Gasteiger partial charge in [-0.3, -0.25) is 0 Å². The Morgan fingerprint density at radius 1 is 0.333 bits per heavy atom. The predicted octanol–water partition coefficient (Wildman–Crippen LogP) is 12.3. The number of benzene rings is 7. The van der Waals surface area contributed by atoms with E-state index in [1.807, 2.05) is 24.3 Å². The van der Waals surface area contributed by atoms with E-state index in [-0.39, 0.29) is 0 Å². The van der Waals surface area contributed by atoms with Crippen molar-refractivity contribution in [1.82, 2.24) is 0 Å². The van der Waals surface area contributed by atoms with E-state index in [9.17, 15) is 0 Å². The van der Waals surface area contributed by atoms with Crippen LogP contribution in [0.2, 0.25) is 0 Å². The van der Waals surface area contributed by atoms with Crippen LogP contribution in [0.4, 0.5) is 17.1 Å². The Morgan fingerprint density at radius 2 is 0.822 bits per heavy atom. The van der Waals surface area contributed by atoms with Gasteiger partial charge in [-0.15, -0.1) is 0 Å². The van der Waals surface area contributed by atoms with Crippen LogP contribution in [0.25, 0.3) is 66.1 Å². The molecular formula is C42H27NO2. The van der Waals surface area contributed by atoms with Gasteiger partial charge in [0.15, 0.2) is 0 Å². The van der Waals surface area contributed by atoms with E-state index in [1.54, 1.807) is 0 Å². The molecule has 7 aromatic carbocycles. The first-order chi connectivity index (χ1) is 22.3. The van der Waals surface area contributed by atoms with Gasteiger partial charge in [0.2, 0.25) is 0 Å². The maximum Gasteiger partial charge on any atom is 0.135 e. The minimum atomic E-state index is 0.873. The fourth-order valence-corrected chi connectivity index (χ4v) is 6.52.